The van der Waals surface area contributed by atoms with E-state index in [1.54, 1.807) is 19.1 Å². The Kier molecular flexibility index (Phi) is 9.37. The number of hydrogen-bond donors (Lipinski definition) is 1. The number of sulfonamides is 1. The van der Waals surface area contributed by atoms with Gasteiger partial charge in [-0.05, 0) is 52.3 Å². The van der Waals surface area contributed by atoms with Gasteiger partial charge in [-0.25, -0.2) is 8.42 Å². The number of amides is 2. The van der Waals surface area contributed by atoms with Crippen molar-refractivity contribution < 1.29 is 27.5 Å². The van der Waals surface area contributed by atoms with Gasteiger partial charge in [0.2, 0.25) is 21.8 Å². The lowest BCUT2D eigenvalue weighted by molar-refractivity contribution is -0.140. The van der Waals surface area contributed by atoms with Gasteiger partial charge < -0.3 is 19.7 Å². The van der Waals surface area contributed by atoms with Crippen molar-refractivity contribution in [3.63, 3.8) is 0 Å². The highest BCUT2D eigenvalue weighted by atomic mass is 32.2. The third-order valence-electron chi connectivity index (χ3n) is 5.44. The number of nitrogens with zero attached hydrogens (tertiary/aromatic N) is 2. The number of carbonyl (C=O) groups is 2. The highest BCUT2D eigenvalue weighted by Gasteiger charge is 2.32. The molecule has 0 aliphatic heterocycles. The van der Waals surface area contributed by atoms with Crippen LogP contribution in [0.3, 0.4) is 0 Å². The number of carbonyl (C=O) groups excluding carboxylic acids is 2. The second kappa shape index (κ2) is 11.6. The molecule has 0 spiro atoms. The van der Waals surface area contributed by atoms with Gasteiger partial charge >= 0.3 is 0 Å². The summed E-state index contributed by atoms with van der Waals surface area (Å²) in [5.74, 6) is -0.159. The van der Waals surface area contributed by atoms with Gasteiger partial charge in [-0.2, -0.15) is 0 Å². The molecule has 1 atom stereocenters. The van der Waals surface area contributed by atoms with Crippen molar-refractivity contribution in [1.29, 1.82) is 0 Å². The molecule has 36 heavy (non-hydrogen) atoms. The standard InChI is InChI=1S/C26H37N3O6S/c1-18-10-9-11-20(14-18)16-28(19(2)25(31)27-26(3,4)5)24(30)17-29(36(8,32)33)22-13-12-21(34-6)15-23(22)35-7/h9-15,19H,16-17H2,1-8H3,(H,27,31)/t19-/m0/s1. The molecule has 0 aliphatic rings. The Morgan fingerprint density at radius 3 is 2.25 bits per heavy atom. The predicted octanol–water partition coefficient (Wildman–Crippen LogP) is 3.11. The van der Waals surface area contributed by atoms with Crippen molar-refractivity contribution in [1.82, 2.24) is 10.2 Å². The van der Waals surface area contributed by atoms with E-state index in [-0.39, 0.29) is 23.9 Å². The van der Waals surface area contributed by atoms with E-state index < -0.39 is 34.1 Å². The van der Waals surface area contributed by atoms with E-state index >= 15 is 0 Å². The maximum atomic E-state index is 13.7. The molecule has 10 heteroatoms. The van der Waals surface area contributed by atoms with Crippen molar-refractivity contribution >= 4 is 27.5 Å². The Bertz CT molecular complexity index is 1190. The first-order chi connectivity index (χ1) is 16.7. The first-order valence-electron chi connectivity index (χ1n) is 11.5. The normalized spacial score (nSPS) is 12.4. The van der Waals surface area contributed by atoms with Gasteiger partial charge in [0.05, 0.1) is 26.2 Å². The monoisotopic (exact) mass is 519 g/mol. The zero-order chi connectivity index (χ0) is 27.3. The van der Waals surface area contributed by atoms with Crippen LogP contribution in [0.4, 0.5) is 5.69 Å². The van der Waals surface area contributed by atoms with Crippen LogP contribution in [0, 0.1) is 6.92 Å². The molecular formula is C26H37N3O6S. The molecule has 0 saturated heterocycles. The Hall–Kier alpha value is -3.27. The predicted molar refractivity (Wildman–Crippen MR) is 141 cm³/mol. The van der Waals surface area contributed by atoms with Gasteiger partial charge in [-0.3, -0.25) is 13.9 Å². The molecule has 1 N–H and O–H groups in total. The molecule has 0 radical (unpaired) electrons. The molecular weight excluding hydrogens is 482 g/mol. The number of methoxy groups -OCH3 is 2. The number of nitrogens with one attached hydrogen (secondary N) is 1. The summed E-state index contributed by atoms with van der Waals surface area (Å²) in [6.07, 6.45) is 1.02. The first-order valence-corrected chi connectivity index (χ1v) is 13.4. The van der Waals surface area contributed by atoms with Crippen LogP contribution in [0.25, 0.3) is 0 Å². The number of rotatable bonds is 10. The Morgan fingerprint density at radius 1 is 1.06 bits per heavy atom. The van der Waals surface area contributed by atoms with Crippen LogP contribution >= 0.6 is 0 Å². The molecule has 2 rings (SSSR count). The van der Waals surface area contributed by atoms with Crippen LogP contribution in [0.1, 0.15) is 38.8 Å². The Labute approximate surface area is 214 Å². The molecule has 0 aromatic heterocycles. The molecule has 0 saturated carbocycles. The van der Waals surface area contributed by atoms with Gasteiger partial charge in [0, 0.05) is 18.2 Å². The lowest BCUT2D eigenvalue weighted by atomic mass is 10.1. The van der Waals surface area contributed by atoms with Gasteiger partial charge in [0.25, 0.3) is 0 Å². The minimum Gasteiger partial charge on any atom is -0.497 e. The van der Waals surface area contributed by atoms with Crippen molar-refractivity contribution in [2.24, 2.45) is 0 Å². The fourth-order valence-corrected chi connectivity index (χ4v) is 4.50. The lowest BCUT2D eigenvalue weighted by Gasteiger charge is -2.33. The van der Waals surface area contributed by atoms with E-state index in [9.17, 15) is 18.0 Å². The van der Waals surface area contributed by atoms with Gasteiger partial charge in [-0.1, -0.05) is 29.8 Å². The van der Waals surface area contributed by atoms with Crippen LogP contribution in [0.15, 0.2) is 42.5 Å². The fourth-order valence-electron chi connectivity index (χ4n) is 3.65. The quantitative estimate of drug-likeness (QED) is 0.517. The van der Waals surface area contributed by atoms with Crippen molar-refractivity contribution in [2.45, 2.75) is 52.7 Å². The number of ether oxygens (including phenoxy) is 2. The average Bonchev–Trinajstić information content (AvgIpc) is 2.78. The number of benzene rings is 2. The van der Waals surface area contributed by atoms with Gasteiger partial charge in [0.1, 0.15) is 24.1 Å². The van der Waals surface area contributed by atoms with E-state index in [1.165, 1.54) is 25.2 Å². The van der Waals surface area contributed by atoms with Crippen LogP contribution < -0.4 is 19.1 Å². The zero-order valence-electron chi connectivity index (χ0n) is 22.3. The summed E-state index contributed by atoms with van der Waals surface area (Å²) in [6, 6.07) is 11.4. The first kappa shape index (κ1) is 29.0. The van der Waals surface area contributed by atoms with Crippen LogP contribution in [-0.4, -0.2) is 63.7 Å². The Balaban J connectivity index is 2.48. The maximum absolute atomic E-state index is 13.7. The molecule has 0 bridgehead atoms. The lowest BCUT2D eigenvalue weighted by Crippen LogP contribution is -2.54. The van der Waals surface area contributed by atoms with Crippen molar-refractivity contribution in [3.8, 4) is 11.5 Å². The van der Waals surface area contributed by atoms with Gasteiger partial charge in [-0.15, -0.1) is 0 Å². The van der Waals surface area contributed by atoms with Crippen molar-refractivity contribution in [2.75, 3.05) is 31.3 Å². The fraction of sp³-hybridized carbons (Fsp3) is 0.462. The van der Waals surface area contributed by atoms with E-state index in [1.807, 2.05) is 52.0 Å². The number of aryl methyl sites for hydroxylation is 1. The van der Waals surface area contributed by atoms with Crippen molar-refractivity contribution in [3.05, 3.63) is 53.6 Å². The molecule has 0 heterocycles. The van der Waals surface area contributed by atoms with E-state index in [4.69, 9.17) is 9.47 Å². The number of hydrogen-bond acceptors (Lipinski definition) is 6. The third-order valence-corrected chi connectivity index (χ3v) is 6.56. The molecule has 2 aromatic rings. The summed E-state index contributed by atoms with van der Waals surface area (Å²) in [5, 5.41) is 2.90. The maximum Gasteiger partial charge on any atom is 0.244 e. The minimum absolute atomic E-state index is 0.136. The zero-order valence-corrected chi connectivity index (χ0v) is 23.1. The molecule has 0 aliphatic carbocycles. The second-order valence-electron chi connectivity index (χ2n) is 9.73. The minimum atomic E-state index is -3.89. The van der Waals surface area contributed by atoms with Crippen LogP contribution in [-0.2, 0) is 26.2 Å². The topological polar surface area (TPSA) is 105 Å². The number of anilines is 1. The summed E-state index contributed by atoms with van der Waals surface area (Å²) in [7, 11) is -0.997. The average molecular weight is 520 g/mol. The van der Waals surface area contributed by atoms with E-state index in [2.05, 4.69) is 5.32 Å². The Morgan fingerprint density at radius 2 is 1.72 bits per heavy atom. The van der Waals surface area contributed by atoms with Crippen LogP contribution in [0.5, 0.6) is 11.5 Å². The summed E-state index contributed by atoms with van der Waals surface area (Å²) in [4.78, 5) is 28.1. The van der Waals surface area contributed by atoms with E-state index in [0.29, 0.717) is 5.75 Å². The highest BCUT2D eigenvalue weighted by Crippen LogP contribution is 2.33. The molecule has 0 fully saturated rings. The molecule has 2 aromatic carbocycles. The van der Waals surface area contributed by atoms with E-state index in [0.717, 1.165) is 21.7 Å². The third kappa shape index (κ3) is 7.87. The molecule has 0 unspecified atom stereocenters. The van der Waals surface area contributed by atoms with Crippen LogP contribution in [0.2, 0.25) is 0 Å². The summed E-state index contributed by atoms with van der Waals surface area (Å²) in [6.45, 7) is 8.75. The smallest absolute Gasteiger partial charge is 0.244 e. The summed E-state index contributed by atoms with van der Waals surface area (Å²) < 4.78 is 37.2. The second-order valence-corrected chi connectivity index (χ2v) is 11.6. The summed E-state index contributed by atoms with van der Waals surface area (Å²) in [5.41, 5.74) is 1.52. The largest absolute Gasteiger partial charge is 0.497 e. The van der Waals surface area contributed by atoms with Gasteiger partial charge in [0.15, 0.2) is 0 Å². The molecule has 198 valence electrons. The molecule has 2 amide bonds. The SMILES string of the molecule is COc1ccc(N(CC(=O)N(Cc2cccc(C)c2)[C@@H](C)C(=O)NC(C)(C)C)S(C)(=O)=O)c(OC)c1. The summed E-state index contributed by atoms with van der Waals surface area (Å²) >= 11 is 0. The molecule has 9 nitrogen and oxygen atoms in total. The highest BCUT2D eigenvalue weighted by molar-refractivity contribution is 7.92.